The molecule has 0 aromatic heterocycles. The number of thioether (sulfide) groups is 1. The van der Waals surface area contributed by atoms with Crippen molar-refractivity contribution in [3.8, 4) is 0 Å². The van der Waals surface area contributed by atoms with Gasteiger partial charge in [-0.05, 0) is 6.26 Å². The summed E-state index contributed by atoms with van der Waals surface area (Å²) in [6.45, 7) is 1.94. The van der Waals surface area contributed by atoms with E-state index in [0.717, 1.165) is 11.4 Å². The van der Waals surface area contributed by atoms with Gasteiger partial charge < -0.3 is 5.21 Å². The minimum absolute atomic E-state index is 0.0758. The van der Waals surface area contributed by atoms with Gasteiger partial charge in [-0.2, -0.15) is 4.99 Å². The van der Waals surface area contributed by atoms with Crippen molar-refractivity contribution in [1.29, 1.82) is 0 Å². The second-order valence-electron chi connectivity index (χ2n) is 1.96. The molecule has 0 bridgehead atoms. The first-order chi connectivity index (χ1) is 4.77. The van der Waals surface area contributed by atoms with Gasteiger partial charge in [0.25, 0.3) is 0 Å². The number of hydrogen-bond acceptors (Lipinski definition) is 3. The summed E-state index contributed by atoms with van der Waals surface area (Å²) in [6.07, 6.45) is 4.24. The van der Waals surface area contributed by atoms with Crippen molar-refractivity contribution in [1.82, 2.24) is 0 Å². The number of quaternary nitrogens is 1. The van der Waals surface area contributed by atoms with Crippen molar-refractivity contribution < 1.29 is 5.06 Å². The Labute approximate surface area is 64.4 Å². The first-order valence-electron chi connectivity index (χ1n) is 3.15. The molecule has 0 aromatic carbocycles. The highest BCUT2D eigenvalue weighted by Crippen LogP contribution is 2.13. The van der Waals surface area contributed by atoms with Gasteiger partial charge in [0, 0.05) is 6.42 Å². The molecule has 1 aliphatic heterocycles. The molecule has 1 unspecified atom stereocenters. The molecule has 0 fully saturated rings. The Hall–Kier alpha value is -0.320. The van der Waals surface area contributed by atoms with E-state index in [9.17, 15) is 5.21 Å². The van der Waals surface area contributed by atoms with Crippen LogP contribution in [0.2, 0.25) is 0 Å². The SMILES string of the molecule is CCC1=NC(SC)=C[NH+]1[O-]. The Morgan fingerprint density at radius 3 is 2.80 bits per heavy atom. The Morgan fingerprint density at radius 2 is 2.50 bits per heavy atom. The fourth-order valence-corrected chi connectivity index (χ4v) is 1.20. The van der Waals surface area contributed by atoms with Crippen molar-refractivity contribution in [2.75, 3.05) is 6.26 Å². The number of amidine groups is 1. The van der Waals surface area contributed by atoms with Crippen molar-refractivity contribution >= 4 is 17.6 Å². The standard InChI is InChI=1S/C6H10N2OS/c1-3-5-7-6(10-2)4-8(5)9/h4,8H,3H2,1-2H3. The van der Waals surface area contributed by atoms with Crippen LogP contribution in [-0.2, 0) is 0 Å². The molecule has 0 aromatic rings. The molecule has 3 nitrogen and oxygen atoms in total. The summed E-state index contributed by atoms with van der Waals surface area (Å²) >= 11 is 1.51. The summed E-state index contributed by atoms with van der Waals surface area (Å²) in [4.78, 5) is 4.10. The molecule has 0 saturated carbocycles. The van der Waals surface area contributed by atoms with E-state index < -0.39 is 0 Å². The van der Waals surface area contributed by atoms with Crippen LogP contribution < -0.4 is 5.06 Å². The molecule has 0 saturated heterocycles. The first-order valence-corrected chi connectivity index (χ1v) is 4.38. The van der Waals surface area contributed by atoms with Gasteiger partial charge in [-0.25, -0.2) is 0 Å². The van der Waals surface area contributed by atoms with Gasteiger partial charge in [0.05, 0.1) is 0 Å². The lowest BCUT2D eigenvalue weighted by Crippen LogP contribution is -3.04. The molecule has 10 heavy (non-hydrogen) atoms. The van der Waals surface area contributed by atoms with Crippen LogP contribution in [-0.4, -0.2) is 12.1 Å². The zero-order valence-electron chi connectivity index (χ0n) is 6.05. The molecule has 1 aliphatic rings. The molecule has 1 atom stereocenters. The highest BCUT2D eigenvalue weighted by atomic mass is 32.2. The predicted molar refractivity (Wildman–Crippen MR) is 43.7 cm³/mol. The zero-order chi connectivity index (χ0) is 7.56. The van der Waals surface area contributed by atoms with E-state index in [1.807, 2.05) is 13.2 Å². The summed E-state index contributed by atoms with van der Waals surface area (Å²) in [6, 6.07) is 0. The number of nitrogens with zero attached hydrogens (tertiary/aromatic N) is 1. The third-order valence-electron chi connectivity index (χ3n) is 1.33. The van der Waals surface area contributed by atoms with E-state index in [2.05, 4.69) is 4.99 Å². The molecule has 0 spiro atoms. The van der Waals surface area contributed by atoms with E-state index in [1.54, 1.807) is 6.20 Å². The maximum atomic E-state index is 11.0. The average Bonchev–Trinajstić information content (AvgIpc) is 2.30. The number of hydroxylamine groups is 2. The summed E-state index contributed by atoms with van der Waals surface area (Å²) in [5, 5.41) is 11.9. The normalized spacial score (nSPS) is 24.5. The lowest BCUT2D eigenvalue weighted by Gasteiger charge is -2.11. The van der Waals surface area contributed by atoms with Crippen molar-refractivity contribution in [2.45, 2.75) is 13.3 Å². The van der Waals surface area contributed by atoms with Gasteiger partial charge in [0.15, 0.2) is 5.03 Å². The molecule has 0 aliphatic carbocycles. The Balaban J connectivity index is 2.67. The van der Waals surface area contributed by atoms with Crippen LogP contribution in [0.1, 0.15) is 13.3 Å². The lowest BCUT2D eigenvalue weighted by molar-refractivity contribution is -0.682. The van der Waals surface area contributed by atoms with Crippen molar-refractivity contribution in [3.05, 3.63) is 16.4 Å². The third kappa shape index (κ3) is 1.39. The van der Waals surface area contributed by atoms with Crippen LogP contribution in [0.15, 0.2) is 16.2 Å². The summed E-state index contributed by atoms with van der Waals surface area (Å²) in [7, 11) is 0. The Morgan fingerprint density at radius 1 is 1.80 bits per heavy atom. The molecule has 56 valence electrons. The van der Waals surface area contributed by atoms with Gasteiger partial charge in [0.1, 0.15) is 6.20 Å². The summed E-state index contributed by atoms with van der Waals surface area (Å²) in [5.74, 6) is 0.685. The topological polar surface area (TPSA) is 39.9 Å². The number of nitrogens with one attached hydrogen (secondary N) is 1. The second kappa shape index (κ2) is 3.18. The molecule has 1 N–H and O–H groups in total. The fraction of sp³-hybridized carbons (Fsp3) is 0.500. The maximum Gasteiger partial charge on any atom is 0.206 e. The summed E-state index contributed by atoms with van der Waals surface area (Å²) < 4.78 is 0. The van der Waals surface area contributed by atoms with Gasteiger partial charge in [0.2, 0.25) is 5.84 Å². The van der Waals surface area contributed by atoms with Crippen LogP contribution in [0.3, 0.4) is 0 Å². The molecule has 1 heterocycles. The lowest BCUT2D eigenvalue weighted by atomic mass is 10.4. The van der Waals surface area contributed by atoms with Crippen LogP contribution in [0.5, 0.6) is 0 Å². The smallest absolute Gasteiger partial charge is 0.206 e. The van der Waals surface area contributed by atoms with Crippen LogP contribution in [0, 0.1) is 5.21 Å². The van der Waals surface area contributed by atoms with E-state index in [0.29, 0.717) is 5.84 Å². The van der Waals surface area contributed by atoms with Crippen LogP contribution in [0.4, 0.5) is 0 Å². The van der Waals surface area contributed by atoms with E-state index in [1.165, 1.54) is 11.8 Å². The first kappa shape index (κ1) is 7.78. The highest BCUT2D eigenvalue weighted by molar-refractivity contribution is 8.02. The van der Waals surface area contributed by atoms with Crippen molar-refractivity contribution in [3.63, 3.8) is 0 Å². The molecule has 0 radical (unpaired) electrons. The maximum absolute atomic E-state index is 11.0. The van der Waals surface area contributed by atoms with Crippen LogP contribution >= 0.6 is 11.8 Å². The van der Waals surface area contributed by atoms with E-state index >= 15 is 0 Å². The Bertz CT molecular complexity index is 188. The molecular weight excluding hydrogens is 148 g/mol. The summed E-state index contributed by atoms with van der Waals surface area (Å²) in [5.41, 5.74) is 0. The Kier molecular flexibility index (Phi) is 2.48. The second-order valence-corrected chi connectivity index (χ2v) is 2.79. The van der Waals surface area contributed by atoms with Gasteiger partial charge in [-0.1, -0.05) is 6.92 Å². The monoisotopic (exact) mass is 158 g/mol. The minimum atomic E-state index is 0.0758. The molecule has 4 heteroatoms. The quantitative estimate of drug-likeness (QED) is 0.589. The number of aliphatic imine (C=N–C) groups is 1. The number of hydrogen-bond donors (Lipinski definition) is 1. The average molecular weight is 158 g/mol. The highest BCUT2D eigenvalue weighted by Gasteiger charge is 2.13. The number of rotatable bonds is 2. The zero-order valence-corrected chi connectivity index (χ0v) is 6.86. The third-order valence-corrected chi connectivity index (χ3v) is 1.96. The van der Waals surface area contributed by atoms with Crippen LogP contribution in [0.25, 0.3) is 0 Å². The van der Waals surface area contributed by atoms with Crippen molar-refractivity contribution in [2.24, 2.45) is 4.99 Å². The fourth-order valence-electron chi connectivity index (χ4n) is 0.774. The van der Waals surface area contributed by atoms with Gasteiger partial charge >= 0.3 is 0 Å². The molecule has 0 amide bonds. The predicted octanol–water partition coefficient (Wildman–Crippen LogP) is 0.353. The van der Waals surface area contributed by atoms with Gasteiger partial charge in [-0.3, -0.25) is 5.06 Å². The largest absolute Gasteiger partial charge is 0.623 e. The van der Waals surface area contributed by atoms with E-state index in [-0.39, 0.29) is 5.06 Å². The van der Waals surface area contributed by atoms with Gasteiger partial charge in [-0.15, -0.1) is 11.8 Å². The van der Waals surface area contributed by atoms with E-state index in [4.69, 9.17) is 0 Å². The minimum Gasteiger partial charge on any atom is -0.623 e. The molecule has 1 rings (SSSR count). The molecular formula is C6H10N2OS.